The Hall–Kier alpha value is -1.67. The first-order valence-corrected chi connectivity index (χ1v) is 8.89. The summed E-state index contributed by atoms with van der Waals surface area (Å²) in [5, 5.41) is 0. The Morgan fingerprint density at radius 1 is 1.21 bits per heavy atom. The Morgan fingerprint density at radius 2 is 1.92 bits per heavy atom. The van der Waals surface area contributed by atoms with Crippen LogP contribution in [0.5, 0.6) is 0 Å². The van der Waals surface area contributed by atoms with Crippen molar-refractivity contribution in [1.82, 2.24) is 0 Å². The van der Waals surface area contributed by atoms with E-state index in [1.165, 1.54) is 5.57 Å². The maximum Gasteiger partial charge on any atom is 0.123 e. The molecule has 0 aliphatic rings. The van der Waals surface area contributed by atoms with Crippen molar-refractivity contribution in [3.63, 3.8) is 0 Å². The largest absolute Gasteiger partial charge is 0.376 e. The number of benzene rings is 1. The number of carbonyl (C=O) groups excluding carboxylic acids is 1. The van der Waals surface area contributed by atoms with Crippen LogP contribution < -0.4 is 0 Å². The summed E-state index contributed by atoms with van der Waals surface area (Å²) >= 11 is 0. The van der Waals surface area contributed by atoms with E-state index in [0.717, 1.165) is 31.1 Å². The van der Waals surface area contributed by atoms with Crippen molar-refractivity contribution in [2.75, 3.05) is 6.61 Å². The number of ether oxygens (including phenoxy) is 1. The molecule has 24 heavy (non-hydrogen) atoms. The third-order valence-electron chi connectivity index (χ3n) is 4.34. The molecule has 0 aliphatic heterocycles. The fourth-order valence-corrected chi connectivity index (χ4v) is 2.82. The van der Waals surface area contributed by atoms with Crippen LogP contribution in [0.2, 0.25) is 0 Å². The SMILES string of the molecule is C=CC(COCc1ccccc1)C(C=O)CC(C)CCC=C(C)C. The van der Waals surface area contributed by atoms with E-state index in [-0.39, 0.29) is 11.8 Å². The van der Waals surface area contributed by atoms with Crippen LogP contribution in [0, 0.1) is 17.8 Å². The van der Waals surface area contributed by atoms with Gasteiger partial charge in [0.05, 0.1) is 13.2 Å². The molecule has 0 heterocycles. The zero-order valence-electron chi connectivity index (χ0n) is 15.4. The summed E-state index contributed by atoms with van der Waals surface area (Å²) in [4.78, 5) is 11.5. The van der Waals surface area contributed by atoms with E-state index in [0.29, 0.717) is 19.1 Å². The van der Waals surface area contributed by atoms with E-state index < -0.39 is 0 Å². The smallest absolute Gasteiger partial charge is 0.123 e. The average Bonchev–Trinajstić information content (AvgIpc) is 2.57. The van der Waals surface area contributed by atoms with Gasteiger partial charge in [-0.25, -0.2) is 0 Å². The topological polar surface area (TPSA) is 26.3 Å². The zero-order chi connectivity index (χ0) is 17.8. The van der Waals surface area contributed by atoms with Gasteiger partial charge in [0.25, 0.3) is 0 Å². The average molecular weight is 328 g/mol. The second-order valence-corrected chi connectivity index (χ2v) is 6.90. The van der Waals surface area contributed by atoms with Crippen LogP contribution in [0.1, 0.15) is 45.6 Å². The molecular weight excluding hydrogens is 296 g/mol. The third kappa shape index (κ3) is 8.26. The molecule has 132 valence electrons. The molecule has 0 amide bonds. The van der Waals surface area contributed by atoms with Gasteiger partial charge in [0.2, 0.25) is 0 Å². The lowest BCUT2D eigenvalue weighted by Crippen LogP contribution is -2.22. The highest BCUT2D eigenvalue weighted by atomic mass is 16.5. The second kappa shape index (κ2) is 11.8. The molecule has 0 N–H and O–H groups in total. The summed E-state index contributed by atoms with van der Waals surface area (Å²) in [7, 11) is 0. The molecule has 1 aromatic rings. The van der Waals surface area contributed by atoms with Crippen molar-refractivity contribution in [3.05, 3.63) is 60.2 Å². The van der Waals surface area contributed by atoms with E-state index in [4.69, 9.17) is 4.74 Å². The zero-order valence-corrected chi connectivity index (χ0v) is 15.4. The molecule has 1 aromatic carbocycles. The van der Waals surface area contributed by atoms with Crippen LogP contribution in [-0.2, 0) is 16.1 Å². The Bertz CT molecular complexity index is 500. The molecule has 2 nitrogen and oxygen atoms in total. The van der Waals surface area contributed by atoms with Crippen LogP contribution in [-0.4, -0.2) is 12.9 Å². The summed E-state index contributed by atoms with van der Waals surface area (Å²) in [5.41, 5.74) is 2.51. The summed E-state index contributed by atoms with van der Waals surface area (Å²) in [6.45, 7) is 11.5. The Labute approximate surface area is 147 Å². The number of hydrogen-bond acceptors (Lipinski definition) is 2. The fraction of sp³-hybridized carbons (Fsp3) is 0.500. The predicted molar refractivity (Wildman–Crippen MR) is 102 cm³/mol. The van der Waals surface area contributed by atoms with Gasteiger partial charge in [0, 0.05) is 11.8 Å². The molecular formula is C22H32O2. The molecule has 2 heteroatoms. The van der Waals surface area contributed by atoms with Crippen LogP contribution in [0.15, 0.2) is 54.6 Å². The van der Waals surface area contributed by atoms with E-state index >= 15 is 0 Å². The Kier molecular flexibility index (Phi) is 10.0. The highest BCUT2D eigenvalue weighted by Gasteiger charge is 2.21. The third-order valence-corrected chi connectivity index (χ3v) is 4.34. The van der Waals surface area contributed by atoms with Gasteiger partial charge in [-0.3, -0.25) is 0 Å². The quantitative estimate of drug-likeness (QED) is 0.369. The summed E-state index contributed by atoms with van der Waals surface area (Å²) < 4.78 is 5.81. The van der Waals surface area contributed by atoms with Crippen molar-refractivity contribution in [1.29, 1.82) is 0 Å². The number of aldehydes is 1. The molecule has 0 saturated carbocycles. The van der Waals surface area contributed by atoms with Crippen LogP contribution in [0.25, 0.3) is 0 Å². The van der Waals surface area contributed by atoms with E-state index in [2.05, 4.69) is 33.4 Å². The predicted octanol–water partition coefficient (Wildman–Crippen LogP) is 5.59. The van der Waals surface area contributed by atoms with Gasteiger partial charge < -0.3 is 9.53 Å². The van der Waals surface area contributed by atoms with Gasteiger partial charge in [0.1, 0.15) is 6.29 Å². The van der Waals surface area contributed by atoms with E-state index in [1.807, 2.05) is 36.4 Å². The lowest BCUT2D eigenvalue weighted by atomic mass is 9.84. The highest BCUT2D eigenvalue weighted by molar-refractivity contribution is 5.54. The fourth-order valence-electron chi connectivity index (χ4n) is 2.82. The van der Waals surface area contributed by atoms with Crippen molar-refractivity contribution in [2.45, 2.75) is 46.6 Å². The molecule has 0 aromatic heterocycles. The van der Waals surface area contributed by atoms with Crippen molar-refractivity contribution in [3.8, 4) is 0 Å². The minimum absolute atomic E-state index is 0.0139. The first-order chi connectivity index (χ1) is 11.6. The molecule has 0 radical (unpaired) electrons. The maximum absolute atomic E-state index is 11.5. The molecule has 0 bridgehead atoms. The normalized spacial score (nSPS) is 14.5. The van der Waals surface area contributed by atoms with E-state index in [1.54, 1.807) is 0 Å². The van der Waals surface area contributed by atoms with Crippen molar-refractivity contribution >= 4 is 6.29 Å². The van der Waals surface area contributed by atoms with Crippen LogP contribution in [0.4, 0.5) is 0 Å². The molecule has 3 unspecified atom stereocenters. The lowest BCUT2D eigenvalue weighted by molar-refractivity contribution is -0.113. The molecule has 0 spiro atoms. The number of allylic oxidation sites excluding steroid dienone is 2. The lowest BCUT2D eigenvalue weighted by Gasteiger charge is -2.22. The Morgan fingerprint density at radius 3 is 2.50 bits per heavy atom. The minimum atomic E-state index is -0.0139. The van der Waals surface area contributed by atoms with Crippen molar-refractivity contribution in [2.24, 2.45) is 17.8 Å². The van der Waals surface area contributed by atoms with Crippen molar-refractivity contribution < 1.29 is 9.53 Å². The minimum Gasteiger partial charge on any atom is -0.376 e. The molecule has 0 fully saturated rings. The van der Waals surface area contributed by atoms with Gasteiger partial charge >= 0.3 is 0 Å². The molecule has 3 atom stereocenters. The summed E-state index contributed by atoms with van der Waals surface area (Å²) in [6.07, 6.45) is 8.30. The van der Waals surface area contributed by atoms with E-state index in [9.17, 15) is 4.79 Å². The second-order valence-electron chi connectivity index (χ2n) is 6.90. The van der Waals surface area contributed by atoms with Gasteiger partial charge in [-0.2, -0.15) is 0 Å². The first-order valence-electron chi connectivity index (χ1n) is 8.89. The Balaban J connectivity index is 2.43. The highest BCUT2D eigenvalue weighted by Crippen LogP contribution is 2.24. The van der Waals surface area contributed by atoms with Gasteiger partial charge in [-0.15, -0.1) is 6.58 Å². The molecule has 0 saturated heterocycles. The number of hydrogen-bond donors (Lipinski definition) is 0. The first kappa shape index (κ1) is 20.4. The van der Waals surface area contributed by atoms with Gasteiger partial charge in [-0.1, -0.05) is 55.0 Å². The standard InChI is InChI=1S/C22H32O2/c1-5-21(17-24-16-20-12-7-6-8-13-20)22(15-23)14-19(4)11-9-10-18(2)3/h5-8,10,12-13,15,19,21-22H,1,9,11,14,16-17H2,2-4H3. The van der Waals surface area contributed by atoms with Crippen LogP contribution in [0.3, 0.4) is 0 Å². The number of carbonyl (C=O) groups is 1. The van der Waals surface area contributed by atoms with Crippen LogP contribution >= 0.6 is 0 Å². The monoisotopic (exact) mass is 328 g/mol. The van der Waals surface area contributed by atoms with Gasteiger partial charge in [-0.05, 0) is 44.6 Å². The number of rotatable bonds is 12. The molecule has 1 rings (SSSR count). The summed E-state index contributed by atoms with van der Waals surface area (Å²) in [5.74, 6) is 0.587. The summed E-state index contributed by atoms with van der Waals surface area (Å²) in [6, 6.07) is 10.1. The van der Waals surface area contributed by atoms with Gasteiger partial charge in [0.15, 0.2) is 0 Å². The maximum atomic E-state index is 11.5. The molecule has 0 aliphatic carbocycles.